The quantitative estimate of drug-likeness (QED) is 0.728. The van der Waals surface area contributed by atoms with Gasteiger partial charge in [0.25, 0.3) is 5.95 Å². The first-order valence-corrected chi connectivity index (χ1v) is 7.35. The molecule has 5 nitrogen and oxygen atoms in total. The normalized spacial score (nSPS) is 17.0. The van der Waals surface area contributed by atoms with Crippen LogP contribution in [-0.2, 0) is 0 Å². The Labute approximate surface area is 132 Å². The number of halogens is 1. The smallest absolute Gasteiger partial charge is 0.214 e. The Morgan fingerprint density at radius 3 is 2.55 bits per heavy atom. The molecule has 0 saturated heterocycles. The summed E-state index contributed by atoms with van der Waals surface area (Å²) in [6.45, 7) is 0. The topological polar surface area (TPSA) is 56.0 Å². The summed E-state index contributed by atoms with van der Waals surface area (Å²) in [4.78, 5) is 4.59. The Balaban J connectivity index is 1.79. The van der Waals surface area contributed by atoms with Gasteiger partial charge < -0.3 is 0 Å². The molecule has 6 heteroatoms. The molecule has 0 saturated carbocycles. The summed E-state index contributed by atoms with van der Waals surface area (Å²) in [7, 11) is 0. The minimum atomic E-state index is 0.0231. The van der Waals surface area contributed by atoms with E-state index in [0.29, 0.717) is 11.0 Å². The van der Waals surface area contributed by atoms with Crippen LogP contribution in [0.15, 0.2) is 59.6 Å². The average Bonchev–Trinajstić information content (AvgIpc) is 3.04. The summed E-state index contributed by atoms with van der Waals surface area (Å²) in [6.07, 6.45) is 0.740. The van der Waals surface area contributed by atoms with Crippen molar-refractivity contribution in [2.24, 2.45) is 4.99 Å². The van der Waals surface area contributed by atoms with Crippen LogP contribution in [0.25, 0.3) is 0 Å². The van der Waals surface area contributed by atoms with Crippen LogP contribution in [0.5, 0.6) is 0 Å². The highest BCUT2D eigenvalue weighted by Gasteiger charge is 2.26. The molecule has 0 fully saturated rings. The van der Waals surface area contributed by atoms with E-state index in [-0.39, 0.29) is 6.04 Å². The van der Waals surface area contributed by atoms with Crippen LogP contribution in [0.2, 0.25) is 5.02 Å². The first-order valence-electron chi connectivity index (χ1n) is 6.97. The van der Waals surface area contributed by atoms with Crippen molar-refractivity contribution in [2.45, 2.75) is 12.5 Å². The first kappa shape index (κ1) is 13.2. The first-order chi connectivity index (χ1) is 10.8. The Morgan fingerprint density at radius 2 is 1.77 bits per heavy atom. The Hall–Kier alpha value is -2.53. The van der Waals surface area contributed by atoms with Gasteiger partial charge in [-0.25, -0.2) is 9.67 Å². The molecule has 1 aliphatic rings. The van der Waals surface area contributed by atoms with Crippen molar-refractivity contribution < 1.29 is 0 Å². The highest BCUT2D eigenvalue weighted by Crippen LogP contribution is 2.32. The minimum Gasteiger partial charge on any atom is -0.214 e. The number of hydrogen-bond donors (Lipinski definition) is 0. The van der Waals surface area contributed by atoms with E-state index in [4.69, 9.17) is 11.6 Å². The van der Waals surface area contributed by atoms with Crippen molar-refractivity contribution in [2.75, 3.05) is 0 Å². The van der Waals surface area contributed by atoms with Crippen molar-refractivity contribution >= 4 is 23.3 Å². The van der Waals surface area contributed by atoms with Gasteiger partial charge in [-0.2, -0.15) is 0 Å². The van der Waals surface area contributed by atoms with Gasteiger partial charge >= 0.3 is 0 Å². The number of nitrogens with zero attached hydrogens (tertiary/aromatic N) is 5. The third-order valence-corrected chi connectivity index (χ3v) is 4.01. The summed E-state index contributed by atoms with van der Waals surface area (Å²) >= 11 is 5.98. The number of tetrazole rings is 1. The van der Waals surface area contributed by atoms with Gasteiger partial charge in [0.15, 0.2) is 0 Å². The van der Waals surface area contributed by atoms with E-state index in [9.17, 15) is 0 Å². The zero-order valence-electron chi connectivity index (χ0n) is 11.6. The maximum absolute atomic E-state index is 5.98. The van der Waals surface area contributed by atoms with Crippen LogP contribution >= 0.6 is 11.6 Å². The van der Waals surface area contributed by atoms with Crippen molar-refractivity contribution in [3.05, 3.63) is 70.7 Å². The van der Waals surface area contributed by atoms with Gasteiger partial charge in [-0.15, -0.1) is 0 Å². The van der Waals surface area contributed by atoms with Crippen LogP contribution < -0.4 is 0 Å². The van der Waals surface area contributed by atoms with Gasteiger partial charge in [0.1, 0.15) is 0 Å². The predicted octanol–water partition coefficient (Wildman–Crippen LogP) is 3.44. The van der Waals surface area contributed by atoms with E-state index in [1.807, 2.05) is 42.5 Å². The van der Waals surface area contributed by atoms with Crippen LogP contribution in [0.1, 0.15) is 23.6 Å². The number of rotatable bonds is 2. The lowest BCUT2D eigenvalue weighted by Crippen LogP contribution is -2.21. The highest BCUT2D eigenvalue weighted by molar-refractivity contribution is 6.30. The predicted molar refractivity (Wildman–Crippen MR) is 84.7 cm³/mol. The largest absolute Gasteiger partial charge is 0.269 e. The zero-order valence-corrected chi connectivity index (χ0v) is 12.4. The van der Waals surface area contributed by atoms with E-state index in [1.165, 1.54) is 0 Å². The average molecular weight is 310 g/mol. The van der Waals surface area contributed by atoms with Crippen molar-refractivity contribution in [3.63, 3.8) is 0 Å². The summed E-state index contributed by atoms with van der Waals surface area (Å²) in [5.41, 5.74) is 3.19. The molecular formula is C16H12ClN5. The Kier molecular flexibility index (Phi) is 3.20. The fourth-order valence-corrected chi connectivity index (χ4v) is 2.78. The molecule has 2 heterocycles. The van der Waals surface area contributed by atoms with Gasteiger partial charge in [0.05, 0.1) is 11.8 Å². The van der Waals surface area contributed by atoms with Gasteiger partial charge in [0.2, 0.25) is 0 Å². The van der Waals surface area contributed by atoms with Crippen molar-refractivity contribution in [3.8, 4) is 0 Å². The molecule has 0 radical (unpaired) electrons. The number of fused-ring (bicyclic) bond motifs is 1. The van der Waals surface area contributed by atoms with Crippen molar-refractivity contribution in [1.82, 2.24) is 20.2 Å². The molecule has 0 spiro atoms. The van der Waals surface area contributed by atoms with E-state index in [0.717, 1.165) is 23.3 Å². The molecule has 4 rings (SSSR count). The molecule has 1 atom stereocenters. The molecular weight excluding hydrogens is 298 g/mol. The molecule has 0 bridgehead atoms. The van der Waals surface area contributed by atoms with Crippen molar-refractivity contribution in [1.29, 1.82) is 0 Å². The molecule has 0 aliphatic carbocycles. The summed E-state index contributed by atoms with van der Waals surface area (Å²) in [5.74, 6) is 0.532. The molecule has 1 unspecified atom stereocenters. The molecule has 1 aromatic heterocycles. The van der Waals surface area contributed by atoms with E-state index >= 15 is 0 Å². The second-order valence-electron chi connectivity index (χ2n) is 5.12. The fourth-order valence-electron chi connectivity index (χ4n) is 2.66. The molecule has 0 amide bonds. The monoisotopic (exact) mass is 309 g/mol. The lowest BCUT2D eigenvalue weighted by molar-refractivity contribution is 0.515. The number of aliphatic imine (C=N–C) groups is 1. The second kappa shape index (κ2) is 5.35. The lowest BCUT2D eigenvalue weighted by atomic mass is 9.96. The van der Waals surface area contributed by atoms with E-state index in [1.54, 1.807) is 4.68 Å². The van der Waals surface area contributed by atoms with Gasteiger partial charge in [-0.3, -0.25) is 0 Å². The second-order valence-corrected chi connectivity index (χ2v) is 5.56. The van der Waals surface area contributed by atoms with Crippen LogP contribution in [0.3, 0.4) is 0 Å². The molecule has 108 valence electrons. The molecule has 0 N–H and O–H groups in total. The maximum Gasteiger partial charge on any atom is 0.269 e. The molecule has 1 aliphatic heterocycles. The SMILES string of the molecule is Clc1ccc(C2CC(c3ccccc3)=Nc3nnnn32)cc1. The summed E-state index contributed by atoms with van der Waals surface area (Å²) in [6, 6.07) is 17.9. The highest BCUT2D eigenvalue weighted by atomic mass is 35.5. The molecule has 3 aromatic rings. The number of benzene rings is 2. The van der Waals surface area contributed by atoms with Crippen LogP contribution in [0.4, 0.5) is 5.95 Å². The zero-order chi connectivity index (χ0) is 14.9. The standard InChI is InChI=1S/C16H12ClN5/c17-13-8-6-12(7-9-13)15-10-14(11-4-2-1-3-5-11)18-16-19-20-21-22(15)16/h1-9,15H,10H2. The van der Waals surface area contributed by atoms with Crippen LogP contribution in [-0.4, -0.2) is 25.9 Å². The lowest BCUT2D eigenvalue weighted by Gasteiger charge is -2.23. The maximum atomic E-state index is 5.98. The fraction of sp³-hybridized carbons (Fsp3) is 0.125. The van der Waals surface area contributed by atoms with E-state index < -0.39 is 0 Å². The van der Waals surface area contributed by atoms with Gasteiger partial charge in [-0.1, -0.05) is 59.2 Å². The Bertz CT molecular complexity index is 823. The minimum absolute atomic E-state index is 0.0231. The van der Waals surface area contributed by atoms with E-state index in [2.05, 4.69) is 32.7 Å². The third kappa shape index (κ3) is 2.29. The number of aromatic nitrogens is 4. The van der Waals surface area contributed by atoms with Gasteiger partial charge in [-0.05, 0) is 33.7 Å². The van der Waals surface area contributed by atoms with Crippen LogP contribution in [0, 0.1) is 0 Å². The Morgan fingerprint density at radius 1 is 1.00 bits per heavy atom. The molecule has 2 aromatic carbocycles. The summed E-state index contributed by atoms with van der Waals surface area (Å²) in [5, 5.41) is 12.6. The number of hydrogen-bond acceptors (Lipinski definition) is 4. The summed E-state index contributed by atoms with van der Waals surface area (Å²) < 4.78 is 1.76. The molecule has 22 heavy (non-hydrogen) atoms. The van der Waals surface area contributed by atoms with Gasteiger partial charge in [0, 0.05) is 11.4 Å². The third-order valence-electron chi connectivity index (χ3n) is 3.75.